The number of piperidine rings is 1. The maximum Gasteiger partial charge on any atom is 0.254 e. The number of nitrogens with one attached hydrogen (secondary N) is 1. The minimum absolute atomic E-state index is 0.0568. The average Bonchev–Trinajstić information content (AvgIpc) is 4.21. The van der Waals surface area contributed by atoms with E-state index < -0.39 is 18.1 Å². The van der Waals surface area contributed by atoms with Crippen LogP contribution in [0.1, 0.15) is 81.7 Å². The number of carbonyl (C=O) groups is 2. The fourth-order valence-electron chi connectivity index (χ4n) is 11.7. The van der Waals surface area contributed by atoms with E-state index in [4.69, 9.17) is 24.5 Å². The Morgan fingerprint density at radius 2 is 1.67 bits per heavy atom. The number of β-amino-alcohol motifs (C(OH)–C–C–N with tert-alkyl or cyclic N) is 1. The molecular weight excluding hydrogens is 987 g/mol. The number of nitrogen functional groups attached to an aromatic ring is 1. The van der Waals surface area contributed by atoms with Gasteiger partial charge in [0.2, 0.25) is 17.7 Å². The Morgan fingerprint density at radius 3 is 2.41 bits per heavy atom. The zero-order valence-electron chi connectivity index (χ0n) is 43.2. The smallest absolute Gasteiger partial charge is 0.254 e. The first-order valence-corrected chi connectivity index (χ1v) is 27.6. The van der Waals surface area contributed by atoms with Crippen molar-refractivity contribution in [3.05, 3.63) is 102 Å². The van der Waals surface area contributed by atoms with E-state index in [1.807, 2.05) is 74.9 Å². The number of hydrogen-bond donors (Lipinski definition) is 4. The molecule has 0 radical (unpaired) electrons. The molecule has 4 saturated heterocycles. The SMILES string of the molecule is Cc1ncsc1-c1ccc(CNC(=O)[C@@H]2C[C@@H](O)CN2C(=O)C(c2cc(OCCN3CCC(OC4CC(Oc5cc(N6C7CC[C@@H]6CN(c6cc(-c8ccccc8O)nnc6N)C7)ccn5)C4)CC3)no2)C(C)C)cc1. The molecule has 5 fully saturated rings. The van der Waals surface area contributed by atoms with Gasteiger partial charge in [-0.15, -0.1) is 21.5 Å². The molecule has 8 heterocycles. The molecule has 2 aromatic carbocycles. The van der Waals surface area contributed by atoms with Gasteiger partial charge >= 0.3 is 0 Å². The van der Waals surface area contributed by atoms with Gasteiger partial charge in [-0.2, -0.15) is 0 Å². The van der Waals surface area contributed by atoms with Crippen LogP contribution < -0.4 is 30.3 Å². The monoisotopic (exact) mass is 1050 g/mol. The Labute approximate surface area is 446 Å². The molecule has 5 aliphatic rings. The van der Waals surface area contributed by atoms with Crippen LogP contribution in [-0.2, 0) is 20.9 Å². The van der Waals surface area contributed by atoms with Crippen LogP contribution in [0.5, 0.6) is 17.5 Å². The molecule has 11 rings (SSSR count). The fraction of sp³-hybridized carbons (Fsp3) is 0.482. The summed E-state index contributed by atoms with van der Waals surface area (Å²) in [4.78, 5) is 46.4. The summed E-state index contributed by atoms with van der Waals surface area (Å²) in [7, 11) is 0. The first-order valence-electron chi connectivity index (χ1n) is 26.7. The Kier molecular flexibility index (Phi) is 15.1. The third-order valence-electron chi connectivity index (χ3n) is 15.8. The van der Waals surface area contributed by atoms with Crippen molar-refractivity contribution in [2.75, 3.05) is 61.4 Å². The fourth-order valence-corrected chi connectivity index (χ4v) is 12.5. The van der Waals surface area contributed by atoms with Gasteiger partial charge in [-0.05, 0) is 79.1 Å². The van der Waals surface area contributed by atoms with Gasteiger partial charge in [-0.25, -0.2) is 9.97 Å². The molecule has 2 unspecified atom stereocenters. The molecule has 6 aromatic rings. The molecule has 5 N–H and O–H groups in total. The summed E-state index contributed by atoms with van der Waals surface area (Å²) >= 11 is 1.59. The van der Waals surface area contributed by atoms with Gasteiger partial charge in [0.25, 0.3) is 5.88 Å². The second kappa shape index (κ2) is 22.4. The molecule has 400 valence electrons. The summed E-state index contributed by atoms with van der Waals surface area (Å²) in [5.41, 5.74) is 14.4. The third-order valence-corrected chi connectivity index (χ3v) is 16.8. The van der Waals surface area contributed by atoms with Crippen molar-refractivity contribution in [1.82, 2.24) is 40.4 Å². The number of phenolic OH excluding ortho intramolecular Hbond substituents is 1. The van der Waals surface area contributed by atoms with E-state index in [0.717, 1.165) is 97.8 Å². The second-order valence-corrected chi connectivity index (χ2v) is 22.1. The van der Waals surface area contributed by atoms with E-state index in [-0.39, 0.29) is 66.8 Å². The highest BCUT2D eigenvalue weighted by atomic mass is 32.1. The summed E-state index contributed by atoms with van der Waals surface area (Å²) in [6.07, 6.45) is 7.25. The van der Waals surface area contributed by atoms with Crippen LogP contribution in [0.3, 0.4) is 0 Å². The normalized spacial score (nSPS) is 23.2. The van der Waals surface area contributed by atoms with Crippen molar-refractivity contribution < 1.29 is 38.5 Å². The van der Waals surface area contributed by atoms with Crippen LogP contribution in [0.2, 0.25) is 0 Å². The number of nitrogens with zero attached hydrogens (tertiary/aromatic N) is 9. The van der Waals surface area contributed by atoms with E-state index >= 15 is 0 Å². The van der Waals surface area contributed by atoms with E-state index in [1.54, 1.807) is 29.5 Å². The van der Waals surface area contributed by atoms with Gasteiger partial charge < -0.3 is 54.7 Å². The number of pyridine rings is 1. The quantitative estimate of drug-likeness (QED) is 0.0711. The number of hydrogen-bond acceptors (Lipinski definition) is 18. The minimum atomic E-state index is -0.817. The van der Waals surface area contributed by atoms with Crippen LogP contribution in [0.4, 0.5) is 17.2 Å². The second-order valence-electron chi connectivity index (χ2n) is 21.3. The average molecular weight is 1050 g/mol. The number of aryl methyl sites for hydroxylation is 1. The number of benzene rings is 2. The van der Waals surface area contributed by atoms with Crippen molar-refractivity contribution in [1.29, 1.82) is 0 Å². The molecule has 2 amide bonds. The predicted molar refractivity (Wildman–Crippen MR) is 287 cm³/mol. The maximum absolute atomic E-state index is 14.2. The number of aliphatic hydroxyl groups excluding tert-OH is 1. The Hall–Kier alpha value is -6.87. The number of rotatable bonds is 18. The molecule has 1 saturated carbocycles. The van der Waals surface area contributed by atoms with Crippen molar-refractivity contribution in [2.45, 2.75) is 121 Å². The zero-order valence-corrected chi connectivity index (χ0v) is 44.1. The highest BCUT2D eigenvalue weighted by Gasteiger charge is 2.44. The number of nitrogens with two attached hydrogens (primary N) is 1. The third kappa shape index (κ3) is 11.2. The first kappa shape index (κ1) is 51.2. The molecule has 0 spiro atoms. The summed E-state index contributed by atoms with van der Waals surface area (Å²) in [5.74, 6) is 0.359. The van der Waals surface area contributed by atoms with Crippen molar-refractivity contribution >= 4 is 40.3 Å². The van der Waals surface area contributed by atoms with Gasteiger partial charge in [-0.3, -0.25) is 14.5 Å². The Morgan fingerprint density at radius 1 is 0.895 bits per heavy atom. The number of ether oxygens (including phenoxy) is 3. The van der Waals surface area contributed by atoms with Crippen LogP contribution in [0.25, 0.3) is 21.7 Å². The highest BCUT2D eigenvalue weighted by Crippen LogP contribution is 2.41. The van der Waals surface area contributed by atoms with E-state index in [2.05, 4.69) is 57.5 Å². The van der Waals surface area contributed by atoms with Gasteiger partial charge in [-0.1, -0.05) is 50.2 Å². The van der Waals surface area contributed by atoms with Crippen molar-refractivity contribution in [3.63, 3.8) is 0 Å². The Bertz CT molecular complexity index is 2960. The number of thiazole rings is 1. The summed E-state index contributed by atoms with van der Waals surface area (Å²) in [6, 6.07) is 22.6. The number of carbonyl (C=O) groups excluding carboxylic acids is 2. The standard InChI is InChI=1S/C56H67N11O8S/c1-33(2)52(56(71)66-31-40(68)23-47(66)55(70)59-28-35-8-10-36(11-9-35)53-34(3)60-32-76-53)49-27-51(63-75-49)72-21-20-64-18-15-41(16-19-64)73-42-24-43(25-42)74-50-22-37(14-17-58-50)67-38-12-13-39(67)30-65(29-38)46-26-45(61-62-54(46)57)44-6-4-5-7-48(44)69/h4-11,14,17,22,26-27,32-33,38-43,47,52,68-69H,12-13,15-16,18-21,23-25,28-31H2,1-3H3,(H2,57,62)(H,59,70)/t38-,39?,40-,42?,43?,47+,52?/m1/s1. The zero-order chi connectivity index (χ0) is 52.5. The van der Waals surface area contributed by atoms with E-state index in [1.165, 1.54) is 4.90 Å². The molecule has 1 aliphatic carbocycles. The van der Waals surface area contributed by atoms with Crippen LogP contribution in [0.15, 0.2) is 89.0 Å². The first-order chi connectivity index (χ1) is 36.9. The van der Waals surface area contributed by atoms with Gasteiger partial charge in [0.15, 0.2) is 11.6 Å². The number of likely N-dealkylation sites (tertiary alicyclic amines) is 2. The molecule has 20 heteroatoms. The predicted octanol–water partition coefficient (Wildman–Crippen LogP) is 6.59. The number of aliphatic hydroxyl groups is 1. The number of piperazine rings is 1. The molecule has 4 aliphatic heterocycles. The molecular formula is C56H67N11O8S. The lowest BCUT2D eigenvalue weighted by Crippen LogP contribution is -2.54. The maximum atomic E-state index is 14.2. The van der Waals surface area contributed by atoms with Gasteiger partial charge in [0.1, 0.15) is 30.4 Å². The van der Waals surface area contributed by atoms with Crippen molar-refractivity contribution in [3.8, 4) is 39.2 Å². The lowest BCUT2D eigenvalue weighted by molar-refractivity contribution is -0.141. The van der Waals surface area contributed by atoms with Crippen LogP contribution in [-0.4, -0.2) is 146 Å². The van der Waals surface area contributed by atoms with Gasteiger partial charge in [0.05, 0.1) is 45.8 Å². The minimum Gasteiger partial charge on any atom is -0.507 e. The van der Waals surface area contributed by atoms with E-state index in [9.17, 15) is 19.8 Å². The van der Waals surface area contributed by atoms with Crippen LogP contribution in [0, 0.1) is 12.8 Å². The number of phenols is 1. The molecule has 2 bridgehead atoms. The van der Waals surface area contributed by atoms with Gasteiger partial charge in [0, 0.05) is 107 Å². The number of aromatic hydroxyl groups is 1. The number of para-hydroxylation sites is 1. The number of fused-ring (bicyclic) bond motifs is 2. The van der Waals surface area contributed by atoms with E-state index in [0.29, 0.717) is 54.3 Å². The molecule has 5 atom stereocenters. The number of aromatic nitrogens is 5. The summed E-state index contributed by atoms with van der Waals surface area (Å²) < 4.78 is 24.7. The van der Waals surface area contributed by atoms with Crippen molar-refractivity contribution in [2.24, 2.45) is 5.92 Å². The summed E-state index contributed by atoms with van der Waals surface area (Å²) in [5, 5.41) is 36.8. The lowest BCUT2D eigenvalue weighted by atomic mass is 9.91. The van der Waals surface area contributed by atoms with Crippen LogP contribution >= 0.6 is 11.3 Å². The lowest BCUT2D eigenvalue weighted by Gasteiger charge is -2.43. The highest BCUT2D eigenvalue weighted by molar-refractivity contribution is 7.13. The molecule has 19 nitrogen and oxygen atoms in total. The molecule has 76 heavy (non-hydrogen) atoms. The topological polar surface area (TPSA) is 231 Å². The largest absolute Gasteiger partial charge is 0.507 e. The summed E-state index contributed by atoms with van der Waals surface area (Å²) in [6.45, 7) is 10.7. The number of anilines is 3. The Balaban J connectivity index is 0.597. The number of amides is 2. The molecule has 4 aromatic heterocycles.